The Morgan fingerprint density at radius 2 is 2.15 bits per heavy atom. The van der Waals surface area contributed by atoms with Crippen molar-refractivity contribution in [3.05, 3.63) is 61.3 Å². The average molecular weight is 369 g/mol. The van der Waals surface area contributed by atoms with Gasteiger partial charge in [-0.3, -0.25) is 14.3 Å². The maximum absolute atomic E-state index is 12.4. The van der Waals surface area contributed by atoms with E-state index < -0.39 is 0 Å². The van der Waals surface area contributed by atoms with Crippen LogP contribution in [0.3, 0.4) is 0 Å². The Balaban J connectivity index is 1.68. The van der Waals surface area contributed by atoms with E-state index in [1.54, 1.807) is 42.7 Å². The molecule has 7 nitrogen and oxygen atoms in total. The van der Waals surface area contributed by atoms with Crippen LogP contribution in [0.4, 0.5) is 0 Å². The first-order chi connectivity index (χ1) is 12.7. The Bertz CT molecular complexity index is 861. The van der Waals surface area contributed by atoms with Crippen LogP contribution < -0.4 is 0 Å². The van der Waals surface area contributed by atoms with Crippen LogP contribution in [-0.2, 0) is 17.9 Å². The van der Waals surface area contributed by atoms with E-state index in [2.05, 4.69) is 21.8 Å². The van der Waals surface area contributed by atoms with Crippen LogP contribution in [0.2, 0.25) is 0 Å². The Hall–Kier alpha value is -2.87. The van der Waals surface area contributed by atoms with Gasteiger partial charge in [0.1, 0.15) is 5.76 Å². The number of hydrogen-bond donors (Lipinski definition) is 0. The number of amides is 1. The van der Waals surface area contributed by atoms with Crippen LogP contribution in [0.5, 0.6) is 0 Å². The highest BCUT2D eigenvalue weighted by molar-refractivity contribution is 7.99. The standard InChI is InChI=1S/C18H19N5O2S/c1-3-10-23-17(14-6-8-19-9-7-14)20-21-18(23)26-13-16(24)22(2)12-15-5-4-11-25-15/h3-9,11H,1,10,12-13H2,2H3. The number of furan rings is 1. The summed E-state index contributed by atoms with van der Waals surface area (Å²) in [6.45, 7) is 4.79. The minimum Gasteiger partial charge on any atom is -0.467 e. The van der Waals surface area contributed by atoms with Crippen LogP contribution >= 0.6 is 11.8 Å². The quantitative estimate of drug-likeness (QED) is 0.449. The number of aromatic nitrogens is 4. The maximum Gasteiger partial charge on any atom is 0.233 e. The van der Waals surface area contributed by atoms with E-state index >= 15 is 0 Å². The van der Waals surface area contributed by atoms with E-state index in [1.165, 1.54) is 11.8 Å². The Morgan fingerprint density at radius 1 is 1.35 bits per heavy atom. The fourth-order valence-corrected chi connectivity index (χ4v) is 3.25. The second-order valence-corrected chi connectivity index (χ2v) is 6.50. The van der Waals surface area contributed by atoms with Crippen molar-refractivity contribution in [2.45, 2.75) is 18.2 Å². The zero-order valence-corrected chi connectivity index (χ0v) is 15.2. The molecule has 0 saturated heterocycles. The van der Waals surface area contributed by atoms with Crippen molar-refractivity contribution in [2.24, 2.45) is 0 Å². The molecule has 0 aliphatic carbocycles. The number of hydrogen-bond acceptors (Lipinski definition) is 6. The number of nitrogens with zero attached hydrogens (tertiary/aromatic N) is 5. The molecule has 0 unspecified atom stereocenters. The zero-order chi connectivity index (χ0) is 18.4. The van der Waals surface area contributed by atoms with E-state index in [4.69, 9.17) is 4.42 Å². The van der Waals surface area contributed by atoms with E-state index in [0.29, 0.717) is 18.2 Å². The van der Waals surface area contributed by atoms with Crippen molar-refractivity contribution in [1.82, 2.24) is 24.6 Å². The molecule has 1 amide bonds. The van der Waals surface area contributed by atoms with Gasteiger partial charge in [-0.15, -0.1) is 16.8 Å². The van der Waals surface area contributed by atoms with Crippen molar-refractivity contribution in [1.29, 1.82) is 0 Å². The van der Waals surface area contributed by atoms with E-state index in [-0.39, 0.29) is 11.7 Å². The van der Waals surface area contributed by atoms with Crippen molar-refractivity contribution in [3.8, 4) is 11.4 Å². The fraction of sp³-hybridized carbons (Fsp3) is 0.222. The molecule has 3 aromatic rings. The van der Waals surface area contributed by atoms with Crippen LogP contribution in [0.1, 0.15) is 5.76 Å². The monoisotopic (exact) mass is 369 g/mol. The number of allylic oxidation sites excluding steroid dienone is 1. The zero-order valence-electron chi connectivity index (χ0n) is 14.4. The third-order valence-corrected chi connectivity index (χ3v) is 4.64. The third kappa shape index (κ3) is 4.20. The second kappa shape index (κ2) is 8.48. The van der Waals surface area contributed by atoms with Crippen molar-refractivity contribution in [3.63, 3.8) is 0 Å². The van der Waals surface area contributed by atoms with Crippen molar-refractivity contribution < 1.29 is 9.21 Å². The summed E-state index contributed by atoms with van der Waals surface area (Å²) >= 11 is 1.36. The highest BCUT2D eigenvalue weighted by Gasteiger charge is 2.17. The Kier molecular flexibility index (Phi) is 5.85. The summed E-state index contributed by atoms with van der Waals surface area (Å²) in [5.41, 5.74) is 0.919. The minimum absolute atomic E-state index is 0.00925. The molecule has 134 valence electrons. The molecule has 0 N–H and O–H groups in total. The molecule has 0 fully saturated rings. The van der Waals surface area contributed by atoms with E-state index in [0.717, 1.165) is 17.1 Å². The molecule has 3 heterocycles. The molecule has 0 radical (unpaired) electrons. The van der Waals surface area contributed by atoms with Gasteiger partial charge in [0.05, 0.1) is 18.6 Å². The van der Waals surface area contributed by atoms with Crippen LogP contribution in [0.25, 0.3) is 11.4 Å². The number of carbonyl (C=O) groups is 1. The predicted molar refractivity (Wildman–Crippen MR) is 99.4 cm³/mol. The van der Waals surface area contributed by atoms with Gasteiger partial charge < -0.3 is 9.32 Å². The third-order valence-electron chi connectivity index (χ3n) is 3.69. The summed E-state index contributed by atoms with van der Waals surface area (Å²) in [5, 5.41) is 9.18. The molecule has 8 heteroatoms. The first kappa shape index (κ1) is 17.9. The van der Waals surface area contributed by atoms with Crippen LogP contribution in [0.15, 0.2) is 65.2 Å². The summed E-state index contributed by atoms with van der Waals surface area (Å²) in [5.74, 6) is 1.74. The molecule has 3 aromatic heterocycles. The first-order valence-electron chi connectivity index (χ1n) is 8.02. The molecule has 0 aliphatic heterocycles. The Labute approximate surface area is 155 Å². The normalized spacial score (nSPS) is 10.7. The van der Waals surface area contributed by atoms with Crippen LogP contribution in [-0.4, -0.2) is 43.4 Å². The molecular formula is C18H19N5O2S. The van der Waals surface area contributed by atoms with Crippen molar-refractivity contribution >= 4 is 17.7 Å². The molecule has 0 saturated carbocycles. The van der Waals surface area contributed by atoms with Gasteiger partial charge in [-0.2, -0.15) is 0 Å². The fourth-order valence-electron chi connectivity index (χ4n) is 2.36. The van der Waals surface area contributed by atoms with E-state index in [1.807, 2.05) is 22.8 Å². The summed E-state index contributed by atoms with van der Waals surface area (Å²) in [7, 11) is 1.75. The lowest BCUT2D eigenvalue weighted by atomic mass is 10.2. The molecule has 0 aromatic carbocycles. The predicted octanol–water partition coefficient (Wildman–Crippen LogP) is 2.87. The summed E-state index contributed by atoms with van der Waals surface area (Å²) in [4.78, 5) is 18.0. The number of carbonyl (C=O) groups excluding carboxylic acids is 1. The number of thioether (sulfide) groups is 1. The van der Waals surface area contributed by atoms with Gasteiger partial charge in [0.15, 0.2) is 11.0 Å². The lowest BCUT2D eigenvalue weighted by Crippen LogP contribution is -2.27. The molecule has 0 spiro atoms. The highest BCUT2D eigenvalue weighted by Crippen LogP contribution is 2.24. The second-order valence-electron chi connectivity index (χ2n) is 5.56. The average Bonchev–Trinajstić information content (AvgIpc) is 3.31. The van der Waals surface area contributed by atoms with Gasteiger partial charge in [-0.25, -0.2) is 0 Å². The van der Waals surface area contributed by atoms with Gasteiger partial charge in [0.25, 0.3) is 0 Å². The molecular weight excluding hydrogens is 350 g/mol. The van der Waals surface area contributed by atoms with Gasteiger partial charge >= 0.3 is 0 Å². The molecule has 0 atom stereocenters. The summed E-state index contributed by atoms with van der Waals surface area (Å²) in [6, 6.07) is 7.40. The number of rotatable bonds is 8. The SMILES string of the molecule is C=CCn1c(SCC(=O)N(C)Cc2ccco2)nnc1-c1ccncc1. The molecule has 0 bridgehead atoms. The smallest absolute Gasteiger partial charge is 0.233 e. The maximum atomic E-state index is 12.4. The largest absolute Gasteiger partial charge is 0.467 e. The summed E-state index contributed by atoms with van der Waals surface area (Å²) < 4.78 is 7.21. The number of pyridine rings is 1. The first-order valence-corrected chi connectivity index (χ1v) is 9.01. The topological polar surface area (TPSA) is 77.0 Å². The lowest BCUT2D eigenvalue weighted by Gasteiger charge is -2.15. The minimum atomic E-state index is -0.00925. The van der Waals surface area contributed by atoms with Gasteiger partial charge in [-0.05, 0) is 24.3 Å². The summed E-state index contributed by atoms with van der Waals surface area (Å²) in [6.07, 6.45) is 6.80. The van der Waals surface area contributed by atoms with Crippen LogP contribution in [0, 0.1) is 0 Å². The lowest BCUT2D eigenvalue weighted by molar-refractivity contribution is -0.127. The Morgan fingerprint density at radius 3 is 2.85 bits per heavy atom. The van der Waals surface area contributed by atoms with Gasteiger partial charge in [0, 0.05) is 31.5 Å². The van der Waals surface area contributed by atoms with Gasteiger partial charge in [-0.1, -0.05) is 17.8 Å². The molecule has 3 rings (SSSR count). The highest BCUT2D eigenvalue weighted by atomic mass is 32.2. The molecule has 0 aliphatic rings. The van der Waals surface area contributed by atoms with Gasteiger partial charge in [0.2, 0.25) is 5.91 Å². The molecule has 26 heavy (non-hydrogen) atoms. The van der Waals surface area contributed by atoms with E-state index in [9.17, 15) is 4.79 Å². The van der Waals surface area contributed by atoms with Crippen molar-refractivity contribution in [2.75, 3.05) is 12.8 Å².